The van der Waals surface area contributed by atoms with Crippen molar-refractivity contribution < 1.29 is 4.42 Å². The Morgan fingerprint density at radius 3 is 2.75 bits per heavy atom. The molecule has 0 atom stereocenters. The molecule has 0 N–H and O–H groups in total. The number of para-hydroxylation sites is 2. The number of likely N-dealkylation sites (tertiary alicyclic amines) is 1. The van der Waals surface area contributed by atoms with Crippen molar-refractivity contribution in [1.29, 1.82) is 5.26 Å². The summed E-state index contributed by atoms with van der Waals surface area (Å²) in [6.07, 6.45) is 2.12. The van der Waals surface area contributed by atoms with Gasteiger partial charge in [-0.2, -0.15) is 5.26 Å². The number of hydrogen-bond donors (Lipinski definition) is 0. The lowest BCUT2D eigenvalue weighted by atomic mass is 9.96. The predicted molar refractivity (Wildman–Crippen MR) is 92.4 cm³/mol. The lowest BCUT2D eigenvalue weighted by molar-refractivity contribution is 0.194. The van der Waals surface area contributed by atoms with E-state index in [4.69, 9.17) is 9.68 Å². The fourth-order valence-electron chi connectivity index (χ4n) is 3.40. The Labute approximate surface area is 141 Å². The SMILES string of the molecule is N#Cc1cccc(CN2CCC(c3nc4ccccc4o3)CC2)c1. The van der Waals surface area contributed by atoms with Crippen LogP contribution in [-0.4, -0.2) is 23.0 Å². The first kappa shape index (κ1) is 14.9. The number of benzene rings is 2. The third kappa shape index (κ3) is 3.04. The second kappa shape index (κ2) is 6.46. The number of nitrogens with zero attached hydrogens (tertiary/aromatic N) is 3. The topological polar surface area (TPSA) is 53.1 Å². The number of piperidine rings is 1. The number of hydrogen-bond acceptors (Lipinski definition) is 4. The molecule has 4 rings (SSSR count). The van der Waals surface area contributed by atoms with Crippen LogP contribution in [-0.2, 0) is 6.54 Å². The molecular formula is C20H19N3O. The lowest BCUT2D eigenvalue weighted by Crippen LogP contribution is -2.32. The number of aromatic nitrogens is 1. The minimum Gasteiger partial charge on any atom is -0.440 e. The van der Waals surface area contributed by atoms with Gasteiger partial charge >= 0.3 is 0 Å². The summed E-state index contributed by atoms with van der Waals surface area (Å²) in [5, 5.41) is 9.01. The second-order valence-electron chi connectivity index (χ2n) is 6.38. The van der Waals surface area contributed by atoms with Gasteiger partial charge in [-0.05, 0) is 55.8 Å². The highest BCUT2D eigenvalue weighted by atomic mass is 16.3. The molecule has 1 aliphatic heterocycles. The quantitative estimate of drug-likeness (QED) is 0.730. The van der Waals surface area contributed by atoms with Gasteiger partial charge in [0.1, 0.15) is 5.52 Å². The van der Waals surface area contributed by atoms with Gasteiger partial charge < -0.3 is 4.42 Å². The Morgan fingerprint density at radius 2 is 1.96 bits per heavy atom. The van der Waals surface area contributed by atoms with Crippen LogP contribution in [0.4, 0.5) is 0 Å². The highest BCUT2D eigenvalue weighted by molar-refractivity contribution is 5.72. The van der Waals surface area contributed by atoms with Gasteiger partial charge in [0, 0.05) is 12.5 Å². The van der Waals surface area contributed by atoms with E-state index in [1.54, 1.807) is 0 Å². The zero-order chi connectivity index (χ0) is 16.4. The Hall–Kier alpha value is -2.64. The van der Waals surface area contributed by atoms with Gasteiger partial charge in [-0.25, -0.2) is 4.98 Å². The normalized spacial score (nSPS) is 16.3. The maximum absolute atomic E-state index is 9.01. The van der Waals surface area contributed by atoms with E-state index in [0.717, 1.165) is 55.0 Å². The summed E-state index contributed by atoms with van der Waals surface area (Å²) < 4.78 is 5.93. The molecule has 2 heterocycles. The number of nitriles is 1. The van der Waals surface area contributed by atoms with Gasteiger partial charge in [0.2, 0.25) is 0 Å². The fourth-order valence-corrected chi connectivity index (χ4v) is 3.40. The number of oxazole rings is 1. The zero-order valence-electron chi connectivity index (χ0n) is 13.5. The van der Waals surface area contributed by atoms with Gasteiger partial charge in [0.15, 0.2) is 11.5 Å². The van der Waals surface area contributed by atoms with Crippen molar-refractivity contribution >= 4 is 11.1 Å². The van der Waals surface area contributed by atoms with Crippen molar-refractivity contribution in [2.45, 2.75) is 25.3 Å². The summed E-state index contributed by atoms with van der Waals surface area (Å²) in [5.74, 6) is 1.28. The van der Waals surface area contributed by atoms with Crippen LogP contribution in [0.15, 0.2) is 52.9 Å². The maximum Gasteiger partial charge on any atom is 0.198 e. The van der Waals surface area contributed by atoms with Crippen LogP contribution in [0.25, 0.3) is 11.1 Å². The molecule has 0 amide bonds. The van der Waals surface area contributed by atoms with Gasteiger partial charge in [0.25, 0.3) is 0 Å². The summed E-state index contributed by atoms with van der Waals surface area (Å²) in [6.45, 7) is 2.95. The molecule has 1 aliphatic rings. The highest BCUT2D eigenvalue weighted by Gasteiger charge is 2.24. The largest absolute Gasteiger partial charge is 0.440 e. The molecule has 120 valence electrons. The summed E-state index contributed by atoms with van der Waals surface area (Å²) in [7, 11) is 0. The van der Waals surface area contributed by atoms with Crippen LogP contribution in [0.3, 0.4) is 0 Å². The minimum atomic E-state index is 0.402. The van der Waals surface area contributed by atoms with Crippen LogP contribution >= 0.6 is 0 Å². The molecule has 2 aromatic carbocycles. The van der Waals surface area contributed by atoms with Crippen LogP contribution in [0.2, 0.25) is 0 Å². The molecule has 0 aliphatic carbocycles. The first-order valence-corrected chi connectivity index (χ1v) is 8.39. The van der Waals surface area contributed by atoms with E-state index in [0.29, 0.717) is 5.92 Å². The molecule has 3 aromatic rings. The Balaban J connectivity index is 1.40. The lowest BCUT2D eigenvalue weighted by Gasteiger charge is -2.30. The molecule has 1 aromatic heterocycles. The van der Waals surface area contributed by atoms with Crippen molar-refractivity contribution in [2.24, 2.45) is 0 Å². The standard InChI is InChI=1S/C20H19N3O/c21-13-15-4-3-5-16(12-15)14-23-10-8-17(9-11-23)20-22-18-6-1-2-7-19(18)24-20/h1-7,12,17H,8-11,14H2. The minimum absolute atomic E-state index is 0.402. The maximum atomic E-state index is 9.01. The molecular weight excluding hydrogens is 298 g/mol. The summed E-state index contributed by atoms with van der Waals surface area (Å²) in [5.41, 5.74) is 3.76. The smallest absolute Gasteiger partial charge is 0.198 e. The van der Waals surface area contributed by atoms with Crippen molar-refractivity contribution in [3.05, 3.63) is 65.5 Å². The van der Waals surface area contributed by atoms with Crippen molar-refractivity contribution in [3.8, 4) is 6.07 Å². The van der Waals surface area contributed by atoms with E-state index in [-0.39, 0.29) is 0 Å². The number of rotatable bonds is 3. The second-order valence-corrected chi connectivity index (χ2v) is 6.38. The van der Waals surface area contributed by atoms with E-state index in [1.165, 1.54) is 5.56 Å². The highest BCUT2D eigenvalue weighted by Crippen LogP contribution is 2.30. The molecule has 0 saturated carbocycles. The fraction of sp³-hybridized carbons (Fsp3) is 0.300. The van der Waals surface area contributed by atoms with Crippen molar-refractivity contribution in [2.75, 3.05) is 13.1 Å². The zero-order valence-corrected chi connectivity index (χ0v) is 13.5. The molecule has 0 bridgehead atoms. The monoisotopic (exact) mass is 317 g/mol. The molecule has 0 spiro atoms. The molecule has 24 heavy (non-hydrogen) atoms. The van der Waals surface area contributed by atoms with Gasteiger partial charge in [-0.1, -0.05) is 24.3 Å². The summed E-state index contributed by atoms with van der Waals surface area (Å²) >= 11 is 0. The van der Waals surface area contributed by atoms with Gasteiger partial charge in [-0.15, -0.1) is 0 Å². The molecule has 1 saturated heterocycles. The summed E-state index contributed by atoms with van der Waals surface area (Å²) in [6, 6.07) is 18.0. The van der Waals surface area contributed by atoms with E-state index < -0.39 is 0 Å². The molecule has 1 fully saturated rings. The van der Waals surface area contributed by atoms with E-state index in [9.17, 15) is 0 Å². The van der Waals surface area contributed by atoms with Crippen LogP contribution < -0.4 is 0 Å². The van der Waals surface area contributed by atoms with E-state index in [2.05, 4.69) is 22.0 Å². The van der Waals surface area contributed by atoms with E-state index in [1.807, 2.05) is 42.5 Å². The van der Waals surface area contributed by atoms with E-state index >= 15 is 0 Å². The Bertz CT molecular complexity index is 852. The number of fused-ring (bicyclic) bond motifs is 1. The molecule has 0 radical (unpaired) electrons. The summed E-state index contributed by atoms with van der Waals surface area (Å²) in [4.78, 5) is 7.09. The van der Waals surface area contributed by atoms with Crippen molar-refractivity contribution in [3.63, 3.8) is 0 Å². The van der Waals surface area contributed by atoms with Gasteiger partial charge in [-0.3, -0.25) is 4.90 Å². The predicted octanol–water partition coefficient (Wildman–Crippen LogP) is 4.08. The van der Waals surface area contributed by atoms with Crippen LogP contribution in [0.1, 0.15) is 35.8 Å². The first-order valence-electron chi connectivity index (χ1n) is 8.39. The first-order chi connectivity index (χ1) is 11.8. The third-order valence-electron chi connectivity index (χ3n) is 4.71. The average Bonchev–Trinajstić information content (AvgIpc) is 3.06. The Kier molecular flexibility index (Phi) is 4.02. The average molecular weight is 317 g/mol. The molecule has 4 heteroatoms. The molecule has 4 nitrogen and oxygen atoms in total. The van der Waals surface area contributed by atoms with Gasteiger partial charge in [0.05, 0.1) is 11.6 Å². The Morgan fingerprint density at radius 1 is 1.12 bits per heavy atom. The van der Waals surface area contributed by atoms with Crippen molar-refractivity contribution in [1.82, 2.24) is 9.88 Å². The third-order valence-corrected chi connectivity index (χ3v) is 4.71. The van der Waals surface area contributed by atoms with Crippen LogP contribution in [0.5, 0.6) is 0 Å². The van der Waals surface area contributed by atoms with Crippen LogP contribution in [0, 0.1) is 11.3 Å². The molecule has 0 unspecified atom stereocenters.